The number of benzene rings is 2. The van der Waals surface area contributed by atoms with Gasteiger partial charge >= 0.3 is 6.18 Å². The van der Waals surface area contributed by atoms with Crippen molar-refractivity contribution in [1.29, 1.82) is 0 Å². The summed E-state index contributed by atoms with van der Waals surface area (Å²) in [6, 6.07) is 11.4. The van der Waals surface area contributed by atoms with Crippen molar-refractivity contribution in [3.8, 4) is 22.6 Å². The van der Waals surface area contributed by atoms with Crippen LogP contribution in [0.15, 0.2) is 42.5 Å². The van der Waals surface area contributed by atoms with Gasteiger partial charge in [-0.2, -0.15) is 13.2 Å². The lowest BCUT2D eigenvalue weighted by molar-refractivity contribution is -0.138. The Bertz CT molecular complexity index is 592. The molecule has 106 valence electrons. The molecule has 0 aliphatic rings. The van der Waals surface area contributed by atoms with E-state index in [2.05, 4.69) is 0 Å². The highest BCUT2D eigenvalue weighted by Gasteiger charge is 2.36. The van der Waals surface area contributed by atoms with Crippen molar-refractivity contribution in [2.45, 2.75) is 6.18 Å². The van der Waals surface area contributed by atoms with Gasteiger partial charge in [-0.1, -0.05) is 30.3 Å². The van der Waals surface area contributed by atoms with E-state index in [9.17, 15) is 13.2 Å². The summed E-state index contributed by atoms with van der Waals surface area (Å²) in [5, 5.41) is 0. The predicted molar refractivity (Wildman–Crippen MR) is 70.0 cm³/mol. The fraction of sp³-hybridized carbons (Fsp3) is 0.200. The van der Waals surface area contributed by atoms with Crippen LogP contribution in [0.3, 0.4) is 0 Å². The van der Waals surface area contributed by atoms with E-state index in [0.29, 0.717) is 5.56 Å². The third-order valence-corrected chi connectivity index (χ3v) is 2.91. The maximum absolute atomic E-state index is 13.0. The quantitative estimate of drug-likeness (QED) is 0.831. The lowest BCUT2D eigenvalue weighted by Gasteiger charge is -2.18. The number of rotatable bonds is 3. The molecule has 0 unspecified atom stereocenters. The van der Waals surface area contributed by atoms with Gasteiger partial charge in [-0.25, -0.2) is 0 Å². The molecule has 2 rings (SSSR count). The molecule has 0 fully saturated rings. The first-order valence-electron chi connectivity index (χ1n) is 5.86. The molecule has 0 bridgehead atoms. The first kappa shape index (κ1) is 14.2. The highest BCUT2D eigenvalue weighted by atomic mass is 19.4. The average Bonchev–Trinajstić information content (AvgIpc) is 2.45. The second kappa shape index (κ2) is 5.45. The molecule has 0 radical (unpaired) electrons. The molecule has 0 heterocycles. The standard InChI is InChI=1S/C15H13F3O2/c1-19-13-11(10-6-4-3-5-7-10)8-9-12(14(13)20-2)15(16,17)18/h3-9H,1-2H3. The van der Waals surface area contributed by atoms with Gasteiger partial charge in [0.1, 0.15) is 5.56 Å². The van der Waals surface area contributed by atoms with Crippen molar-refractivity contribution in [2.75, 3.05) is 14.2 Å². The van der Waals surface area contributed by atoms with E-state index in [4.69, 9.17) is 9.47 Å². The van der Waals surface area contributed by atoms with E-state index in [0.717, 1.165) is 11.6 Å². The van der Waals surface area contributed by atoms with Gasteiger partial charge in [-0.05, 0) is 17.7 Å². The minimum absolute atomic E-state index is 0.0773. The van der Waals surface area contributed by atoms with E-state index < -0.39 is 11.7 Å². The van der Waals surface area contributed by atoms with Crippen LogP contribution in [0, 0.1) is 0 Å². The second-order valence-corrected chi connectivity index (χ2v) is 4.09. The molecule has 0 saturated carbocycles. The highest BCUT2D eigenvalue weighted by molar-refractivity contribution is 5.75. The van der Waals surface area contributed by atoms with Gasteiger partial charge in [-0.3, -0.25) is 0 Å². The molecule has 0 atom stereocenters. The molecule has 0 aromatic heterocycles. The van der Waals surface area contributed by atoms with Crippen molar-refractivity contribution in [3.05, 3.63) is 48.0 Å². The summed E-state index contributed by atoms with van der Waals surface area (Å²) in [5.74, 6) is -0.227. The molecule has 0 aliphatic heterocycles. The van der Waals surface area contributed by atoms with Crippen molar-refractivity contribution < 1.29 is 22.6 Å². The van der Waals surface area contributed by atoms with Crippen LogP contribution in [-0.2, 0) is 6.18 Å². The zero-order chi connectivity index (χ0) is 14.8. The van der Waals surface area contributed by atoms with Crippen LogP contribution in [-0.4, -0.2) is 14.2 Å². The van der Waals surface area contributed by atoms with Gasteiger partial charge in [-0.15, -0.1) is 0 Å². The minimum Gasteiger partial charge on any atom is -0.492 e. The Morgan fingerprint density at radius 1 is 0.800 bits per heavy atom. The summed E-state index contributed by atoms with van der Waals surface area (Å²) in [6.45, 7) is 0. The summed E-state index contributed by atoms with van der Waals surface area (Å²) in [7, 11) is 2.52. The van der Waals surface area contributed by atoms with Crippen LogP contribution < -0.4 is 9.47 Å². The summed E-state index contributed by atoms with van der Waals surface area (Å²) in [5.41, 5.74) is 0.464. The zero-order valence-electron chi connectivity index (χ0n) is 11.0. The molecular formula is C15H13F3O2. The van der Waals surface area contributed by atoms with Crippen LogP contribution in [0.1, 0.15) is 5.56 Å². The molecule has 5 heteroatoms. The number of hydrogen-bond donors (Lipinski definition) is 0. The van der Waals surface area contributed by atoms with E-state index in [1.807, 2.05) is 6.07 Å². The topological polar surface area (TPSA) is 18.5 Å². The monoisotopic (exact) mass is 282 g/mol. The number of hydrogen-bond acceptors (Lipinski definition) is 2. The average molecular weight is 282 g/mol. The molecule has 2 aromatic rings. The zero-order valence-corrected chi connectivity index (χ0v) is 11.0. The Kier molecular flexibility index (Phi) is 3.88. The van der Waals surface area contributed by atoms with Crippen molar-refractivity contribution in [1.82, 2.24) is 0 Å². The number of halogens is 3. The molecule has 2 nitrogen and oxygen atoms in total. The minimum atomic E-state index is -4.49. The van der Waals surface area contributed by atoms with Gasteiger partial charge in [0.15, 0.2) is 11.5 Å². The van der Waals surface area contributed by atoms with E-state index in [1.54, 1.807) is 24.3 Å². The molecule has 20 heavy (non-hydrogen) atoms. The van der Waals surface area contributed by atoms with Gasteiger partial charge in [0.05, 0.1) is 14.2 Å². The first-order chi connectivity index (χ1) is 9.49. The fourth-order valence-corrected chi connectivity index (χ4v) is 2.04. The van der Waals surface area contributed by atoms with Crippen LogP contribution in [0.2, 0.25) is 0 Å². The smallest absolute Gasteiger partial charge is 0.420 e. The van der Waals surface area contributed by atoms with Gasteiger partial charge in [0.25, 0.3) is 0 Å². The molecule has 0 amide bonds. The maximum Gasteiger partial charge on any atom is 0.420 e. The lowest BCUT2D eigenvalue weighted by atomic mass is 10.0. The van der Waals surface area contributed by atoms with Crippen LogP contribution in [0.5, 0.6) is 11.5 Å². The molecule has 0 spiro atoms. The van der Waals surface area contributed by atoms with Crippen molar-refractivity contribution >= 4 is 0 Å². The number of alkyl halides is 3. The summed E-state index contributed by atoms with van der Waals surface area (Å²) in [4.78, 5) is 0. The SMILES string of the molecule is COc1c(-c2ccccc2)ccc(C(F)(F)F)c1OC. The van der Waals surface area contributed by atoms with Crippen LogP contribution in [0.4, 0.5) is 13.2 Å². The normalized spacial score (nSPS) is 11.2. The van der Waals surface area contributed by atoms with Crippen molar-refractivity contribution in [2.24, 2.45) is 0 Å². The van der Waals surface area contributed by atoms with E-state index in [1.165, 1.54) is 20.3 Å². The third-order valence-electron chi connectivity index (χ3n) is 2.91. The molecule has 0 N–H and O–H groups in total. The summed E-state index contributed by atoms with van der Waals surface area (Å²) < 4.78 is 48.9. The third kappa shape index (κ3) is 2.57. The van der Waals surface area contributed by atoms with Gasteiger partial charge < -0.3 is 9.47 Å². The molecular weight excluding hydrogens is 269 g/mol. The molecule has 0 saturated heterocycles. The Morgan fingerprint density at radius 2 is 1.40 bits per heavy atom. The first-order valence-corrected chi connectivity index (χ1v) is 5.86. The highest BCUT2D eigenvalue weighted by Crippen LogP contribution is 2.46. The summed E-state index contributed by atoms with van der Waals surface area (Å²) in [6.07, 6.45) is -4.49. The summed E-state index contributed by atoms with van der Waals surface area (Å²) >= 11 is 0. The predicted octanol–water partition coefficient (Wildman–Crippen LogP) is 4.39. The van der Waals surface area contributed by atoms with Crippen LogP contribution in [0.25, 0.3) is 11.1 Å². The Hall–Kier alpha value is -2.17. The van der Waals surface area contributed by atoms with Gasteiger partial charge in [0.2, 0.25) is 0 Å². The fourth-order valence-electron chi connectivity index (χ4n) is 2.04. The largest absolute Gasteiger partial charge is 0.492 e. The maximum atomic E-state index is 13.0. The molecule has 0 aliphatic carbocycles. The van der Waals surface area contributed by atoms with Crippen LogP contribution >= 0.6 is 0 Å². The Balaban J connectivity index is 2.68. The van der Waals surface area contributed by atoms with E-state index >= 15 is 0 Å². The second-order valence-electron chi connectivity index (χ2n) is 4.09. The van der Waals surface area contributed by atoms with Crippen molar-refractivity contribution in [3.63, 3.8) is 0 Å². The number of methoxy groups -OCH3 is 2. The lowest BCUT2D eigenvalue weighted by Crippen LogP contribution is -2.09. The van der Waals surface area contributed by atoms with Gasteiger partial charge in [0, 0.05) is 5.56 Å². The van der Waals surface area contributed by atoms with E-state index in [-0.39, 0.29) is 11.5 Å². The Morgan fingerprint density at radius 3 is 1.90 bits per heavy atom. The number of ether oxygens (including phenoxy) is 2. The Labute approximate surface area is 114 Å². The molecule has 2 aromatic carbocycles.